The third kappa shape index (κ3) is 1.44. The maximum absolute atomic E-state index is 5.96. The summed E-state index contributed by atoms with van der Waals surface area (Å²) < 4.78 is 11.9. The van der Waals surface area contributed by atoms with Crippen molar-refractivity contribution in [3.05, 3.63) is 35.6 Å². The second-order valence-corrected chi connectivity index (χ2v) is 5.08. The molecule has 80 valence electrons. The van der Waals surface area contributed by atoms with E-state index in [4.69, 9.17) is 9.47 Å². The van der Waals surface area contributed by atoms with E-state index < -0.39 is 0 Å². The van der Waals surface area contributed by atoms with E-state index >= 15 is 0 Å². The Balaban J connectivity index is 1.91. The van der Waals surface area contributed by atoms with Crippen molar-refractivity contribution in [3.63, 3.8) is 0 Å². The molecule has 0 aromatic carbocycles. The average Bonchev–Trinajstić information content (AvgIpc) is 2.52. The van der Waals surface area contributed by atoms with Gasteiger partial charge in [0.2, 0.25) is 0 Å². The number of hydrogen-bond acceptors (Lipinski definition) is 2. The van der Waals surface area contributed by atoms with Gasteiger partial charge in [-0.3, -0.25) is 0 Å². The average molecular weight is 204 g/mol. The summed E-state index contributed by atoms with van der Waals surface area (Å²) in [6, 6.07) is 0. The van der Waals surface area contributed by atoms with Gasteiger partial charge in [0, 0.05) is 5.92 Å². The summed E-state index contributed by atoms with van der Waals surface area (Å²) in [5.41, 5.74) is 1.18. The number of rotatable bonds is 0. The second kappa shape index (κ2) is 2.99. The van der Waals surface area contributed by atoms with Gasteiger partial charge < -0.3 is 9.47 Å². The molecule has 1 heterocycles. The van der Waals surface area contributed by atoms with Gasteiger partial charge in [-0.15, -0.1) is 0 Å². The highest BCUT2D eigenvalue weighted by Crippen LogP contribution is 2.42. The molecule has 2 unspecified atom stereocenters. The van der Waals surface area contributed by atoms with Crippen LogP contribution in [-0.4, -0.2) is 18.3 Å². The molecule has 0 radical (unpaired) electrons. The molecule has 0 spiro atoms. The van der Waals surface area contributed by atoms with Gasteiger partial charge in [0.05, 0.1) is 6.61 Å². The Morgan fingerprint density at radius 3 is 3.13 bits per heavy atom. The minimum atomic E-state index is -0.177. The van der Waals surface area contributed by atoms with Gasteiger partial charge in [-0.05, 0) is 31.9 Å². The second-order valence-electron chi connectivity index (χ2n) is 5.08. The smallest absolute Gasteiger partial charge is 0.127 e. The zero-order chi connectivity index (χ0) is 10.5. The number of hydrogen-bond donors (Lipinski definition) is 0. The molecule has 0 amide bonds. The summed E-state index contributed by atoms with van der Waals surface area (Å²) in [4.78, 5) is 0. The molecule has 0 aromatic rings. The molecule has 2 nitrogen and oxygen atoms in total. The summed E-state index contributed by atoms with van der Waals surface area (Å²) in [6.07, 6.45) is 9.87. The third-order valence-corrected chi connectivity index (χ3v) is 3.20. The van der Waals surface area contributed by atoms with Gasteiger partial charge in [0.25, 0.3) is 0 Å². The third-order valence-electron chi connectivity index (χ3n) is 3.20. The maximum Gasteiger partial charge on any atom is 0.127 e. The van der Waals surface area contributed by atoms with Crippen molar-refractivity contribution in [2.45, 2.75) is 32.0 Å². The predicted molar refractivity (Wildman–Crippen MR) is 58.3 cm³/mol. The van der Waals surface area contributed by atoms with E-state index in [0.29, 0.717) is 12.5 Å². The van der Waals surface area contributed by atoms with Crippen LogP contribution < -0.4 is 0 Å². The highest BCUT2D eigenvalue weighted by molar-refractivity contribution is 5.40. The van der Waals surface area contributed by atoms with Crippen molar-refractivity contribution in [3.8, 4) is 0 Å². The van der Waals surface area contributed by atoms with Crippen LogP contribution in [-0.2, 0) is 9.47 Å². The molecule has 3 rings (SSSR count). The van der Waals surface area contributed by atoms with Gasteiger partial charge in [0.1, 0.15) is 17.5 Å². The topological polar surface area (TPSA) is 18.5 Å². The normalized spacial score (nSPS) is 36.1. The van der Waals surface area contributed by atoms with E-state index in [1.54, 1.807) is 0 Å². The minimum Gasteiger partial charge on any atom is -0.487 e. The fraction of sp³-hybridized carbons (Fsp3) is 0.538. The van der Waals surface area contributed by atoms with E-state index in [1.165, 1.54) is 5.57 Å². The highest BCUT2D eigenvalue weighted by atomic mass is 16.6. The molecule has 1 fully saturated rings. The minimum absolute atomic E-state index is 0.161. The monoisotopic (exact) mass is 204 g/mol. The molecule has 3 aliphatic rings. The Kier molecular flexibility index (Phi) is 1.84. The van der Waals surface area contributed by atoms with Crippen LogP contribution in [0, 0.1) is 5.92 Å². The van der Waals surface area contributed by atoms with Crippen molar-refractivity contribution < 1.29 is 9.47 Å². The first-order chi connectivity index (χ1) is 7.16. The van der Waals surface area contributed by atoms with Crippen LogP contribution in [0.1, 0.15) is 20.3 Å². The van der Waals surface area contributed by atoms with Crippen LogP contribution in [0.5, 0.6) is 0 Å². The fourth-order valence-corrected chi connectivity index (χ4v) is 2.49. The van der Waals surface area contributed by atoms with Gasteiger partial charge in [-0.25, -0.2) is 0 Å². The molecule has 1 saturated heterocycles. The summed E-state index contributed by atoms with van der Waals surface area (Å²) in [6.45, 7) is 4.82. The standard InChI is InChI=1S/C13H16O2/c1-13(2)8-14-12-10-6-4-3-5-9(10)7-11(12)15-13/h3-5,7,10,12H,6,8H2,1-2H3. The Morgan fingerprint density at radius 2 is 2.27 bits per heavy atom. The Hall–Kier alpha value is -1.02. The van der Waals surface area contributed by atoms with Crippen molar-refractivity contribution in [1.29, 1.82) is 0 Å². The van der Waals surface area contributed by atoms with Crippen molar-refractivity contribution >= 4 is 0 Å². The summed E-state index contributed by atoms with van der Waals surface area (Å²) in [7, 11) is 0. The molecule has 15 heavy (non-hydrogen) atoms. The van der Waals surface area contributed by atoms with Gasteiger partial charge in [-0.1, -0.05) is 18.2 Å². The predicted octanol–water partition coefficient (Wildman–Crippen LogP) is 2.58. The molecule has 2 heteroatoms. The Bertz CT molecular complexity index is 374. The molecule has 0 saturated carbocycles. The van der Waals surface area contributed by atoms with Crippen molar-refractivity contribution in [1.82, 2.24) is 0 Å². The summed E-state index contributed by atoms with van der Waals surface area (Å²) in [5.74, 6) is 1.51. The lowest BCUT2D eigenvalue weighted by atomic mass is 9.91. The van der Waals surface area contributed by atoms with E-state index in [2.05, 4.69) is 38.2 Å². The van der Waals surface area contributed by atoms with E-state index in [0.717, 1.165) is 12.2 Å². The van der Waals surface area contributed by atoms with Gasteiger partial charge in [-0.2, -0.15) is 0 Å². The lowest BCUT2D eigenvalue weighted by molar-refractivity contribution is -0.138. The Morgan fingerprint density at radius 1 is 1.40 bits per heavy atom. The number of fused-ring (bicyclic) bond motifs is 3. The molecular weight excluding hydrogens is 188 g/mol. The van der Waals surface area contributed by atoms with Gasteiger partial charge >= 0.3 is 0 Å². The first-order valence-electron chi connectivity index (χ1n) is 5.55. The van der Waals surface area contributed by atoms with E-state index in [-0.39, 0.29) is 11.7 Å². The van der Waals surface area contributed by atoms with Crippen LogP contribution in [0.25, 0.3) is 0 Å². The number of ether oxygens (including phenoxy) is 2. The molecule has 2 atom stereocenters. The summed E-state index contributed by atoms with van der Waals surface area (Å²) >= 11 is 0. The number of allylic oxidation sites excluding steroid dienone is 4. The van der Waals surface area contributed by atoms with E-state index in [1.807, 2.05) is 0 Å². The molecular formula is C13H16O2. The van der Waals surface area contributed by atoms with Crippen LogP contribution in [0.3, 0.4) is 0 Å². The molecule has 0 bridgehead atoms. The van der Waals surface area contributed by atoms with Gasteiger partial charge in [0.15, 0.2) is 0 Å². The molecule has 0 N–H and O–H groups in total. The SMILES string of the molecule is CC1(C)COC2C(=CC3=CC=CCC32)O1. The maximum atomic E-state index is 5.96. The first kappa shape index (κ1) is 9.22. The van der Waals surface area contributed by atoms with Crippen LogP contribution in [0.2, 0.25) is 0 Å². The van der Waals surface area contributed by atoms with Crippen LogP contribution in [0.4, 0.5) is 0 Å². The molecule has 0 aromatic heterocycles. The zero-order valence-corrected chi connectivity index (χ0v) is 9.19. The molecule has 2 aliphatic carbocycles. The largest absolute Gasteiger partial charge is 0.487 e. The summed E-state index contributed by atoms with van der Waals surface area (Å²) in [5, 5.41) is 0. The van der Waals surface area contributed by atoms with E-state index in [9.17, 15) is 0 Å². The highest BCUT2D eigenvalue weighted by Gasteiger charge is 2.42. The first-order valence-corrected chi connectivity index (χ1v) is 5.55. The van der Waals surface area contributed by atoms with Crippen molar-refractivity contribution in [2.24, 2.45) is 5.92 Å². The Labute approximate surface area is 90.3 Å². The van der Waals surface area contributed by atoms with Crippen molar-refractivity contribution in [2.75, 3.05) is 6.61 Å². The van der Waals surface area contributed by atoms with Crippen LogP contribution in [0.15, 0.2) is 35.6 Å². The zero-order valence-electron chi connectivity index (χ0n) is 9.19. The lowest BCUT2D eigenvalue weighted by Crippen LogP contribution is -2.42. The quantitative estimate of drug-likeness (QED) is 0.603. The van der Waals surface area contributed by atoms with Crippen LogP contribution >= 0.6 is 0 Å². The fourth-order valence-electron chi connectivity index (χ4n) is 2.49. The lowest BCUT2D eigenvalue weighted by Gasteiger charge is -2.37. The molecule has 1 aliphatic heterocycles.